The van der Waals surface area contributed by atoms with Crippen LogP contribution in [0.15, 0.2) is 35.3 Å². The van der Waals surface area contributed by atoms with E-state index in [9.17, 15) is 4.39 Å². The number of nitrogens with two attached hydrogens (primary N) is 1. The van der Waals surface area contributed by atoms with E-state index < -0.39 is 5.83 Å². The summed E-state index contributed by atoms with van der Waals surface area (Å²) in [6.45, 7) is 8.72. The molecule has 1 saturated heterocycles. The number of rotatable bonds is 3. The van der Waals surface area contributed by atoms with Crippen LogP contribution in [-0.4, -0.2) is 24.5 Å². The maximum Gasteiger partial charge on any atom is 0.138 e. The highest BCUT2D eigenvalue weighted by atomic mass is 35.5. The molecule has 0 saturated carbocycles. The van der Waals surface area contributed by atoms with Gasteiger partial charge in [0.05, 0.1) is 5.70 Å². The molecule has 0 atom stereocenters. The third-order valence-electron chi connectivity index (χ3n) is 2.62. The second-order valence-electron chi connectivity index (χ2n) is 3.55. The predicted octanol–water partition coefficient (Wildman–Crippen LogP) is 2.53. The van der Waals surface area contributed by atoms with Crippen molar-refractivity contribution in [2.75, 3.05) is 19.6 Å². The van der Waals surface area contributed by atoms with Crippen LogP contribution in [0.4, 0.5) is 4.39 Å². The summed E-state index contributed by atoms with van der Waals surface area (Å²) in [4.78, 5) is 1.88. The molecule has 2 N–H and O–H groups in total. The average Bonchev–Trinajstić information content (AvgIpc) is 2.27. The number of allylic oxidation sites excluding steroid dienone is 1. The molecule has 0 aromatic rings. The minimum absolute atomic E-state index is 0.373. The molecule has 1 rings (SSSR count). The first-order valence-electron chi connectivity index (χ1n) is 4.91. The van der Waals surface area contributed by atoms with E-state index in [1.165, 1.54) is 5.57 Å². The van der Waals surface area contributed by atoms with E-state index in [0.29, 0.717) is 12.2 Å². The van der Waals surface area contributed by atoms with E-state index in [4.69, 9.17) is 17.3 Å². The van der Waals surface area contributed by atoms with Crippen LogP contribution in [0, 0.1) is 0 Å². The topological polar surface area (TPSA) is 29.3 Å². The maximum absolute atomic E-state index is 12.8. The fraction of sp³-hybridized carbons (Fsp3) is 0.455. The lowest BCUT2D eigenvalue weighted by Gasteiger charge is -2.31. The normalized spacial score (nSPS) is 16.5. The van der Waals surface area contributed by atoms with Crippen LogP contribution in [-0.2, 0) is 0 Å². The summed E-state index contributed by atoms with van der Waals surface area (Å²) >= 11 is 5.96. The Bertz CT molecular complexity index is 300. The molecular weight excluding hydrogens is 215 g/mol. The van der Waals surface area contributed by atoms with Crippen LogP contribution < -0.4 is 5.73 Å². The molecule has 0 spiro atoms. The number of hydrogen-bond donors (Lipinski definition) is 1. The zero-order valence-electron chi connectivity index (χ0n) is 8.73. The minimum atomic E-state index is -0.465. The third-order valence-corrected chi connectivity index (χ3v) is 3.05. The molecule has 0 unspecified atom stereocenters. The van der Waals surface area contributed by atoms with Crippen molar-refractivity contribution < 1.29 is 4.39 Å². The summed E-state index contributed by atoms with van der Waals surface area (Å²) in [6, 6.07) is 0. The lowest BCUT2D eigenvalue weighted by Crippen LogP contribution is -2.30. The zero-order valence-corrected chi connectivity index (χ0v) is 9.49. The fourth-order valence-corrected chi connectivity index (χ4v) is 1.82. The van der Waals surface area contributed by atoms with Gasteiger partial charge in [-0.1, -0.05) is 30.3 Å². The molecule has 0 bridgehead atoms. The Labute approximate surface area is 94.9 Å². The minimum Gasteiger partial charge on any atom is -0.369 e. The van der Waals surface area contributed by atoms with Crippen molar-refractivity contribution in [3.8, 4) is 0 Å². The number of nitrogens with zero attached hydrogens (tertiary/aromatic N) is 1. The van der Waals surface area contributed by atoms with Gasteiger partial charge < -0.3 is 10.6 Å². The van der Waals surface area contributed by atoms with Gasteiger partial charge in [0, 0.05) is 24.7 Å². The fourth-order valence-electron chi connectivity index (χ4n) is 1.63. The number of halogens is 2. The Balaban J connectivity index is 2.57. The predicted molar refractivity (Wildman–Crippen MR) is 62.1 cm³/mol. The maximum atomic E-state index is 12.8. The molecular formula is C11H16ClFN2. The standard InChI is InChI=1S/C11H16ClFN2/c1-8(13)9(2)15-5-3-10(4-6-15)11(12)7-14/h1-7,14H2. The molecule has 4 heteroatoms. The van der Waals surface area contributed by atoms with E-state index >= 15 is 0 Å². The highest BCUT2D eigenvalue weighted by Crippen LogP contribution is 2.25. The van der Waals surface area contributed by atoms with Crippen LogP contribution >= 0.6 is 11.6 Å². The van der Waals surface area contributed by atoms with E-state index in [1.54, 1.807) is 0 Å². The van der Waals surface area contributed by atoms with Crippen LogP contribution in [0.2, 0.25) is 0 Å². The monoisotopic (exact) mass is 230 g/mol. The highest BCUT2D eigenvalue weighted by Gasteiger charge is 2.18. The summed E-state index contributed by atoms with van der Waals surface area (Å²) in [6.07, 6.45) is 1.64. The van der Waals surface area contributed by atoms with Crippen LogP contribution in [0.25, 0.3) is 0 Å². The summed E-state index contributed by atoms with van der Waals surface area (Å²) in [5, 5.41) is 0.735. The van der Waals surface area contributed by atoms with Crippen molar-refractivity contribution in [2.45, 2.75) is 12.8 Å². The van der Waals surface area contributed by atoms with E-state index in [-0.39, 0.29) is 0 Å². The quantitative estimate of drug-likeness (QED) is 0.755. The SMILES string of the molecule is C=C(F)C(=C)N1CCC(=C(Cl)CN)CC1. The van der Waals surface area contributed by atoms with Crippen molar-refractivity contribution in [3.63, 3.8) is 0 Å². The first kappa shape index (κ1) is 12.3. The smallest absolute Gasteiger partial charge is 0.138 e. The summed E-state index contributed by atoms with van der Waals surface area (Å²) in [5.41, 5.74) is 7.00. The molecule has 0 aliphatic carbocycles. The second kappa shape index (κ2) is 5.33. The van der Waals surface area contributed by atoms with Crippen LogP contribution in [0.3, 0.4) is 0 Å². The van der Waals surface area contributed by atoms with Crippen LogP contribution in [0.1, 0.15) is 12.8 Å². The summed E-state index contributed by atoms with van der Waals surface area (Å²) < 4.78 is 12.8. The molecule has 1 aliphatic heterocycles. The average molecular weight is 231 g/mol. The Morgan fingerprint density at radius 3 is 2.33 bits per heavy atom. The zero-order chi connectivity index (χ0) is 11.4. The lowest BCUT2D eigenvalue weighted by atomic mass is 10.0. The van der Waals surface area contributed by atoms with E-state index in [0.717, 1.165) is 31.0 Å². The molecule has 15 heavy (non-hydrogen) atoms. The molecule has 0 aromatic heterocycles. The summed E-state index contributed by atoms with van der Waals surface area (Å²) in [7, 11) is 0. The Kier molecular flexibility index (Phi) is 4.36. The van der Waals surface area contributed by atoms with Crippen molar-refractivity contribution in [3.05, 3.63) is 35.3 Å². The molecule has 1 heterocycles. The second-order valence-corrected chi connectivity index (χ2v) is 4.01. The van der Waals surface area contributed by atoms with Crippen molar-refractivity contribution in [2.24, 2.45) is 5.73 Å². The molecule has 2 nitrogen and oxygen atoms in total. The van der Waals surface area contributed by atoms with Gasteiger partial charge in [0.25, 0.3) is 0 Å². The van der Waals surface area contributed by atoms with Gasteiger partial charge in [-0.3, -0.25) is 0 Å². The van der Waals surface area contributed by atoms with Crippen LogP contribution in [0.5, 0.6) is 0 Å². The number of piperidine rings is 1. The van der Waals surface area contributed by atoms with Gasteiger partial charge in [0.15, 0.2) is 0 Å². The van der Waals surface area contributed by atoms with Gasteiger partial charge in [-0.05, 0) is 12.8 Å². The van der Waals surface area contributed by atoms with Gasteiger partial charge in [0.2, 0.25) is 0 Å². The van der Waals surface area contributed by atoms with Crippen molar-refractivity contribution in [1.82, 2.24) is 4.90 Å². The third kappa shape index (κ3) is 3.08. The molecule has 0 amide bonds. The van der Waals surface area contributed by atoms with Gasteiger partial charge in [-0.15, -0.1) is 0 Å². The molecule has 1 fully saturated rings. The van der Waals surface area contributed by atoms with Gasteiger partial charge in [0.1, 0.15) is 5.83 Å². The van der Waals surface area contributed by atoms with E-state index in [2.05, 4.69) is 13.2 Å². The first-order valence-corrected chi connectivity index (χ1v) is 5.29. The molecule has 84 valence electrons. The number of likely N-dealkylation sites (tertiary alicyclic amines) is 1. The van der Waals surface area contributed by atoms with E-state index in [1.807, 2.05) is 4.90 Å². The summed E-state index contributed by atoms with van der Waals surface area (Å²) in [5.74, 6) is -0.465. The Hall–Kier alpha value is -0.800. The number of hydrogen-bond acceptors (Lipinski definition) is 2. The molecule has 0 aromatic carbocycles. The van der Waals surface area contributed by atoms with Crippen molar-refractivity contribution in [1.29, 1.82) is 0 Å². The first-order chi connectivity index (χ1) is 7.06. The van der Waals surface area contributed by atoms with Crippen molar-refractivity contribution >= 4 is 11.6 Å². The molecule has 0 radical (unpaired) electrons. The van der Waals surface area contributed by atoms with Gasteiger partial charge in [-0.25, -0.2) is 4.39 Å². The van der Waals surface area contributed by atoms with Gasteiger partial charge in [-0.2, -0.15) is 0 Å². The Morgan fingerprint density at radius 1 is 1.40 bits per heavy atom. The largest absolute Gasteiger partial charge is 0.369 e. The lowest BCUT2D eigenvalue weighted by molar-refractivity contribution is 0.315. The highest BCUT2D eigenvalue weighted by molar-refractivity contribution is 6.30. The Morgan fingerprint density at radius 2 is 1.93 bits per heavy atom. The van der Waals surface area contributed by atoms with Gasteiger partial charge >= 0.3 is 0 Å². The molecule has 1 aliphatic rings.